The third-order valence-electron chi connectivity index (χ3n) is 3.98. The predicted molar refractivity (Wildman–Crippen MR) is 74.1 cm³/mol. The zero-order valence-corrected chi connectivity index (χ0v) is 12.3. The van der Waals surface area contributed by atoms with Crippen molar-refractivity contribution in [2.75, 3.05) is 13.1 Å². The molecule has 0 aliphatic carbocycles. The molecule has 0 saturated carbocycles. The Kier molecular flexibility index (Phi) is 3.33. The van der Waals surface area contributed by atoms with E-state index in [9.17, 15) is 0 Å². The average molecular weight is 275 g/mol. The van der Waals surface area contributed by atoms with Gasteiger partial charge in [0.25, 0.3) is 0 Å². The number of piperidine rings is 1. The van der Waals surface area contributed by atoms with Crippen molar-refractivity contribution in [3.05, 3.63) is 29.7 Å². The Hall–Kier alpha value is -1.69. The van der Waals surface area contributed by atoms with E-state index in [-0.39, 0.29) is 5.41 Å². The average Bonchev–Trinajstić information content (AvgIpc) is 2.99. The number of hydrogen-bond donors (Lipinski definition) is 0. The Morgan fingerprint density at radius 1 is 1.45 bits per heavy atom. The van der Waals surface area contributed by atoms with Crippen LogP contribution in [0.1, 0.15) is 37.0 Å². The van der Waals surface area contributed by atoms with Gasteiger partial charge in [-0.2, -0.15) is 10.1 Å². The van der Waals surface area contributed by atoms with Crippen molar-refractivity contribution in [2.45, 2.75) is 38.6 Å². The normalized spacial score (nSPS) is 24.1. The molecule has 0 unspecified atom stereocenters. The summed E-state index contributed by atoms with van der Waals surface area (Å²) in [5.41, 5.74) is 1.21. The van der Waals surface area contributed by atoms with Crippen molar-refractivity contribution >= 4 is 0 Å². The van der Waals surface area contributed by atoms with Gasteiger partial charge in [-0.25, -0.2) is 0 Å². The summed E-state index contributed by atoms with van der Waals surface area (Å²) in [6.07, 6.45) is 6.25. The van der Waals surface area contributed by atoms with E-state index in [1.807, 2.05) is 24.9 Å². The lowest BCUT2D eigenvalue weighted by atomic mass is 9.81. The molecule has 0 N–H and O–H groups in total. The van der Waals surface area contributed by atoms with Crippen LogP contribution in [-0.2, 0) is 19.0 Å². The van der Waals surface area contributed by atoms with Crippen LogP contribution in [0.4, 0.5) is 0 Å². The van der Waals surface area contributed by atoms with Gasteiger partial charge in [0.2, 0.25) is 5.89 Å². The van der Waals surface area contributed by atoms with Gasteiger partial charge >= 0.3 is 0 Å². The molecule has 1 fully saturated rings. The lowest BCUT2D eigenvalue weighted by Gasteiger charge is -2.37. The van der Waals surface area contributed by atoms with Crippen LogP contribution in [0, 0.1) is 6.92 Å². The molecule has 108 valence electrons. The maximum Gasteiger partial charge on any atom is 0.233 e. The number of rotatable bonds is 3. The monoisotopic (exact) mass is 275 g/mol. The quantitative estimate of drug-likeness (QED) is 0.852. The molecular formula is C14H21N5O. The number of likely N-dealkylation sites (tertiary alicyclic amines) is 1. The zero-order chi connectivity index (χ0) is 14.2. The second-order valence-electron chi connectivity index (χ2n) is 6.04. The van der Waals surface area contributed by atoms with Gasteiger partial charge in [0.1, 0.15) is 0 Å². The highest BCUT2D eigenvalue weighted by molar-refractivity contribution is 5.09. The summed E-state index contributed by atoms with van der Waals surface area (Å²) in [6.45, 7) is 7.07. The fourth-order valence-corrected chi connectivity index (χ4v) is 3.01. The highest BCUT2D eigenvalue weighted by Gasteiger charge is 2.37. The first kappa shape index (κ1) is 13.3. The summed E-state index contributed by atoms with van der Waals surface area (Å²) in [5, 5.41) is 8.16. The van der Waals surface area contributed by atoms with E-state index >= 15 is 0 Å². The van der Waals surface area contributed by atoms with E-state index in [4.69, 9.17) is 4.52 Å². The number of nitrogens with zero attached hydrogens (tertiary/aromatic N) is 5. The summed E-state index contributed by atoms with van der Waals surface area (Å²) in [6, 6.07) is 0. The molecule has 6 nitrogen and oxygen atoms in total. The van der Waals surface area contributed by atoms with Crippen molar-refractivity contribution in [1.82, 2.24) is 24.8 Å². The van der Waals surface area contributed by atoms with Crippen molar-refractivity contribution in [3.8, 4) is 0 Å². The van der Waals surface area contributed by atoms with Crippen LogP contribution in [0.5, 0.6) is 0 Å². The highest BCUT2D eigenvalue weighted by Crippen LogP contribution is 2.33. The van der Waals surface area contributed by atoms with E-state index in [2.05, 4.69) is 33.3 Å². The van der Waals surface area contributed by atoms with Crippen LogP contribution in [0.15, 0.2) is 16.9 Å². The molecule has 1 aliphatic heterocycles. The molecule has 0 aromatic carbocycles. The van der Waals surface area contributed by atoms with E-state index in [0.717, 1.165) is 38.4 Å². The first-order valence-corrected chi connectivity index (χ1v) is 7.06. The second-order valence-corrected chi connectivity index (χ2v) is 6.04. The zero-order valence-electron chi connectivity index (χ0n) is 12.3. The topological polar surface area (TPSA) is 60.0 Å². The maximum atomic E-state index is 5.41. The van der Waals surface area contributed by atoms with Crippen molar-refractivity contribution < 1.29 is 4.52 Å². The first-order chi connectivity index (χ1) is 9.55. The fraction of sp³-hybridized carbons (Fsp3) is 0.643. The Morgan fingerprint density at radius 2 is 2.30 bits per heavy atom. The minimum absolute atomic E-state index is 0.0400. The molecule has 0 radical (unpaired) electrons. The molecule has 2 aromatic heterocycles. The SMILES string of the molecule is Cc1noc([C@]2(C)CCCN(Cc3cnn(C)c3)C2)n1. The molecule has 3 rings (SSSR count). The van der Waals surface area contributed by atoms with Gasteiger partial charge in [-0.3, -0.25) is 9.58 Å². The molecule has 6 heteroatoms. The Labute approximate surface area is 118 Å². The van der Waals surface area contributed by atoms with E-state index in [1.54, 1.807) is 0 Å². The lowest BCUT2D eigenvalue weighted by molar-refractivity contribution is 0.124. The molecule has 2 aromatic rings. The fourth-order valence-electron chi connectivity index (χ4n) is 3.01. The summed E-state index contributed by atoms with van der Waals surface area (Å²) in [4.78, 5) is 6.88. The van der Waals surface area contributed by atoms with Crippen molar-refractivity contribution in [2.24, 2.45) is 7.05 Å². The van der Waals surface area contributed by atoms with Gasteiger partial charge in [0.15, 0.2) is 5.82 Å². The van der Waals surface area contributed by atoms with E-state index in [0.29, 0.717) is 5.82 Å². The lowest BCUT2D eigenvalue weighted by Crippen LogP contribution is -2.44. The predicted octanol–water partition coefficient (Wildman–Crippen LogP) is 1.67. The van der Waals surface area contributed by atoms with Crippen LogP contribution >= 0.6 is 0 Å². The van der Waals surface area contributed by atoms with Crippen molar-refractivity contribution in [1.29, 1.82) is 0 Å². The Balaban J connectivity index is 1.72. The molecular weight excluding hydrogens is 254 g/mol. The second kappa shape index (κ2) is 5.01. The molecule has 0 amide bonds. The van der Waals surface area contributed by atoms with Crippen molar-refractivity contribution in [3.63, 3.8) is 0 Å². The summed E-state index contributed by atoms with van der Waals surface area (Å²) < 4.78 is 7.25. The summed E-state index contributed by atoms with van der Waals surface area (Å²) >= 11 is 0. The van der Waals surface area contributed by atoms with Crippen LogP contribution in [0.25, 0.3) is 0 Å². The van der Waals surface area contributed by atoms with Gasteiger partial charge in [-0.05, 0) is 33.2 Å². The van der Waals surface area contributed by atoms with E-state index < -0.39 is 0 Å². The summed E-state index contributed by atoms with van der Waals surface area (Å²) in [7, 11) is 1.95. The van der Waals surface area contributed by atoms with Gasteiger partial charge in [0, 0.05) is 31.9 Å². The van der Waals surface area contributed by atoms with Gasteiger partial charge in [0.05, 0.1) is 11.6 Å². The standard InChI is InChI=1S/C14H21N5O/c1-11-16-13(20-17-11)14(2)5-4-6-19(10-14)9-12-7-15-18(3)8-12/h7-8H,4-6,9-10H2,1-3H3/t14-/m1/s1. The van der Waals surface area contributed by atoms with Crippen LogP contribution in [0.3, 0.4) is 0 Å². The third kappa shape index (κ3) is 2.60. The van der Waals surface area contributed by atoms with Crippen LogP contribution in [-0.4, -0.2) is 37.9 Å². The number of aromatic nitrogens is 4. The van der Waals surface area contributed by atoms with Gasteiger partial charge < -0.3 is 4.52 Å². The van der Waals surface area contributed by atoms with Crippen LogP contribution in [0.2, 0.25) is 0 Å². The molecule has 0 bridgehead atoms. The largest absolute Gasteiger partial charge is 0.339 e. The first-order valence-electron chi connectivity index (χ1n) is 7.06. The summed E-state index contributed by atoms with van der Waals surface area (Å²) in [5.74, 6) is 1.48. The number of hydrogen-bond acceptors (Lipinski definition) is 5. The highest BCUT2D eigenvalue weighted by atomic mass is 16.5. The molecule has 3 heterocycles. The number of aryl methyl sites for hydroxylation is 2. The molecule has 1 atom stereocenters. The van der Waals surface area contributed by atoms with Gasteiger partial charge in [-0.15, -0.1) is 0 Å². The maximum absolute atomic E-state index is 5.41. The molecule has 0 spiro atoms. The minimum Gasteiger partial charge on any atom is -0.339 e. The van der Waals surface area contributed by atoms with Gasteiger partial charge in [-0.1, -0.05) is 5.16 Å². The molecule has 20 heavy (non-hydrogen) atoms. The van der Waals surface area contributed by atoms with E-state index in [1.165, 1.54) is 5.56 Å². The molecule has 1 saturated heterocycles. The Morgan fingerprint density at radius 3 is 2.95 bits per heavy atom. The van der Waals surface area contributed by atoms with Crippen LogP contribution < -0.4 is 0 Å². The smallest absolute Gasteiger partial charge is 0.233 e. The minimum atomic E-state index is -0.0400. The molecule has 1 aliphatic rings. The Bertz CT molecular complexity index is 590. The third-order valence-corrected chi connectivity index (χ3v) is 3.98.